The third-order valence-corrected chi connectivity index (χ3v) is 5.62. The minimum absolute atomic E-state index is 0.215. The molecule has 0 radical (unpaired) electrons. The summed E-state index contributed by atoms with van der Waals surface area (Å²) in [6.07, 6.45) is 0. The molecule has 0 spiro atoms. The van der Waals surface area contributed by atoms with Gasteiger partial charge in [0.05, 0.1) is 12.0 Å². The average Bonchev–Trinajstić information content (AvgIpc) is 2.47. The maximum absolute atomic E-state index is 12.5. The van der Waals surface area contributed by atoms with E-state index in [1.54, 1.807) is 44.4 Å². The number of methoxy groups -OCH3 is 1. The number of ether oxygens (including phenoxy) is 1. The molecule has 1 atom stereocenters. The highest BCUT2D eigenvalue weighted by molar-refractivity contribution is 9.10. The average molecular weight is 370 g/mol. The Morgan fingerprint density at radius 1 is 1.10 bits per heavy atom. The topological polar surface area (TPSA) is 55.4 Å². The molecule has 0 aliphatic carbocycles. The monoisotopic (exact) mass is 369 g/mol. The minimum Gasteiger partial charge on any atom is -0.496 e. The lowest BCUT2D eigenvalue weighted by Gasteiger charge is -2.17. The SMILES string of the molecule is COc1ccccc1[C@H](C)NS(=O)(=O)c1ccccc1Br. The second kappa shape index (κ2) is 6.60. The van der Waals surface area contributed by atoms with Gasteiger partial charge in [-0.1, -0.05) is 30.3 Å². The lowest BCUT2D eigenvalue weighted by molar-refractivity contribution is 0.405. The zero-order valence-electron chi connectivity index (χ0n) is 11.7. The number of sulfonamides is 1. The Morgan fingerprint density at radius 2 is 1.71 bits per heavy atom. The Bertz CT molecular complexity index is 731. The normalized spacial score (nSPS) is 12.9. The van der Waals surface area contributed by atoms with Crippen molar-refractivity contribution in [3.8, 4) is 5.75 Å². The summed E-state index contributed by atoms with van der Waals surface area (Å²) >= 11 is 3.26. The van der Waals surface area contributed by atoms with Gasteiger partial charge in [0.25, 0.3) is 0 Å². The number of halogens is 1. The summed E-state index contributed by atoms with van der Waals surface area (Å²) in [5, 5.41) is 0. The first-order valence-corrected chi connectivity index (χ1v) is 8.63. The van der Waals surface area contributed by atoms with E-state index >= 15 is 0 Å². The second-order valence-electron chi connectivity index (χ2n) is 4.52. The van der Waals surface area contributed by atoms with Crippen LogP contribution in [0.2, 0.25) is 0 Å². The van der Waals surface area contributed by atoms with Gasteiger partial charge in [-0.15, -0.1) is 0 Å². The van der Waals surface area contributed by atoms with Crippen LogP contribution in [0.4, 0.5) is 0 Å². The van der Waals surface area contributed by atoms with Gasteiger partial charge in [-0.25, -0.2) is 13.1 Å². The van der Waals surface area contributed by atoms with Crippen LogP contribution in [0.1, 0.15) is 18.5 Å². The highest BCUT2D eigenvalue weighted by Gasteiger charge is 2.22. The summed E-state index contributed by atoms with van der Waals surface area (Å²) < 4.78 is 33.4. The summed E-state index contributed by atoms with van der Waals surface area (Å²) in [6, 6.07) is 13.6. The first kappa shape index (κ1) is 16.0. The van der Waals surface area contributed by atoms with Crippen molar-refractivity contribution in [1.29, 1.82) is 0 Å². The van der Waals surface area contributed by atoms with Crippen molar-refractivity contribution in [2.45, 2.75) is 17.9 Å². The van der Waals surface area contributed by atoms with Crippen LogP contribution in [-0.4, -0.2) is 15.5 Å². The van der Waals surface area contributed by atoms with Crippen LogP contribution >= 0.6 is 15.9 Å². The summed E-state index contributed by atoms with van der Waals surface area (Å²) in [7, 11) is -2.05. The molecule has 6 heteroatoms. The van der Waals surface area contributed by atoms with Crippen molar-refractivity contribution in [2.24, 2.45) is 0 Å². The zero-order valence-corrected chi connectivity index (χ0v) is 14.1. The maximum Gasteiger partial charge on any atom is 0.242 e. The highest BCUT2D eigenvalue weighted by Crippen LogP contribution is 2.27. The Labute approximate surface area is 133 Å². The van der Waals surface area contributed by atoms with Gasteiger partial charge in [-0.05, 0) is 41.1 Å². The Kier molecular flexibility index (Phi) is 5.03. The molecular formula is C15H16BrNO3S. The van der Waals surface area contributed by atoms with Gasteiger partial charge in [0, 0.05) is 16.1 Å². The number of hydrogen-bond donors (Lipinski definition) is 1. The second-order valence-corrected chi connectivity index (χ2v) is 7.05. The molecule has 4 nitrogen and oxygen atoms in total. The van der Waals surface area contributed by atoms with E-state index in [1.807, 2.05) is 18.2 Å². The molecular weight excluding hydrogens is 354 g/mol. The molecule has 0 aliphatic heterocycles. The molecule has 0 unspecified atom stereocenters. The smallest absolute Gasteiger partial charge is 0.242 e. The molecule has 2 aromatic rings. The molecule has 0 saturated heterocycles. The first-order chi connectivity index (χ1) is 9.95. The van der Waals surface area contributed by atoms with E-state index in [0.29, 0.717) is 10.2 Å². The predicted octanol–water partition coefficient (Wildman–Crippen LogP) is 3.50. The largest absolute Gasteiger partial charge is 0.496 e. The zero-order chi connectivity index (χ0) is 15.5. The molecule has 0 bridgehead atoms. The van der Waals surface area contributed by atoms with Crippen LogP contribution in [0.5, 0.6) is 5.75 Å². The first-order valence-electron chi connectivity index (χ1n) is 6.35. The van der Waals surface area contributed by atoms with Crippen LogP contribution in [0.3, 0.4) is 0 Å². The fourth-order valence-corrected chi connectivity index (χ4v) is 4.27. The van der Waals surface area contributed by atoms with Gasteiger partial charge in [0.15, 0.2) is 0 Å². The van der Waals surface area contributed by atoms with Crippen molar-refractivity contribution >= 4 is 26.0 Å². The number of hydrogen-bond acceptors (Lipinski definition) is 3. The number of nitrogens with one attached hydrogen (secondary N) is 1. The fourth-order valence-electron chi connectivity index (χ4n) is 2.05. The molecule has 0 fully saturated rings. The highest BCUT2D eigenvalue weighted by atomic mass is 79.9. The molecule has 2 rings (SSSR count). The van der Waals surface area contributed by atoms with Crippen LogP contribution in [0.15, 0.2) is 57.9 Å². The Morgan fingerprint density at radius 3 is 2.38 bits per heavy atom. The van der Waals surface area contributed by atoms with Crippen LogP contribution < -0.4 is 9.46 Å². The lowest BCUT2D eigenvalue weighted by Crippen LogP contribution is -2.27. The molecule has 2 aromatic carbocycles. The van der Waals surface area contributed by atoms with Gasteiger partial charge in [0.2, 0.25) is 10.0 Å². The summed E-state index contributed by atoms with van der Waals surface area (Å²) in [5.41, 5.74) is 0.788. The van der Waals surface area contributed by atoms with Crippen molar-refractivity contribution in [1.82, 2.24) is 4.72 Å². The van der Waals surface area contributed by atoms with E-state index in [1.165, 1.54) is 0 Å². The Balaban J connectivity index is 2.31. The molecule has 0 amide bonds. The van der Waals surface area contributed by atoms with E-state index in [2.05, 4.69) is 20.7 Å². The molecule has 0 saturated carbocycles. The fraction of sp³-hybridized carbons (Fsp3) is 0.200. The summed E-state index contributed by atoms with van der Waals surface area (Å²) in [4.78, 5) is 0.215. The predicted molar refractivity (Wildman–Crippen MR) is 85.9 cm³/mol. The van der Waals surface area contributed by atoms with Crippen molar-refractivity contribution in [3.63, 3.8) is 0 Å². The number of para-hydroxylation sites is 1. The molecule has 0 aliphatic rings. The lowest BCUT2D eigenvalue weighted by atomic mass is 10.1. The third kappa shape index (κ3) is 3.64. The quantitative estimate of drug-likeness (QED) is 0.877. The third-order valence-electron chi connectivity index (χ3n) is 3.06. The van der Waals surface area contributed by atoms with E-state index in [9.17, 15) is 8.42 Å². The van der Waals surface area contributed by atoms with E-state index in [0.717, 1.165) is 5.56 Å². The van der Waals surface area contributed by atoms with Crippen LogP contribution in [-0.2, 0) is 10.0 Å². The standard InChI is InChI=1S/C15H16BrNO3S/c1-11(12-7-3-5-9-14(12)20-2)17-21(18,19)15-10-6-4-8-13(15)16/h3-11,17H,1-2H3/t11-/m0/s1. The van der Waals surface area contributed by atoms with Crippen LogP contribution in [0, 0.1) is 0 Å². The van der Waals surface area contributed by atoms with Crippen molar-refractivity contribution in [3.05, 3.63) is 58.6 Å². The van der Waals surface area contributed by atoms with E-state index < -0.39 is 16.1 Å². The number of benzene rings is 2. The van der Waals surface area contributed by atoms with Crippen LogP contribution in [0.25, 0.3) is 0 Å². The molecule has 0 aromatic heterocycles. The van der Waals surface area contributed by atoms with Gasteiger partial charge in [-0.2, -0.15) is 0 Å². The number of rotatable bonds is 5. The maximum atomic E-state index is 12.5. The van der Waals surface area contributed by atoms with Gasteiger partial charge in [0.1, 0.15) is 5.75 Å². The molecule has 1 N–H and O–H groups in total. The summed E-state index contributed by atoms with van der Waals surface area (Å²) in [5.74, 6) is 0.653. The molecule has 112 valence electrons. The van der Waals surface area contributed by atoms with Gasteiger partial charge >= 0.3 is 0 Å². The molecule has 21 heavy (non-hydrogen) atoms. The van der Waals surface area contributed by atoms with Crippen molar-refractivity contribution < 1.29 is 13.2 Å². The van der Waals surface area contributed by atoms with Gasteiger partial charge < -0.3 is 4.74 Å². The van der Waals surface area contributed by atoms with Crippen molar-refractivity contribution in [2.75, 3.05) is 7.11 Å². The van der Waals surface area contributed by atoms with E-state index in [4.69, 9.17) is 4.74 Å². The van der Waals surface area contributed by atoms with Gasteiger partial charge in [-0.3, -0.25) is 0 Å². The minimum atomic E-state index is -3.62. The summed E-state index contributed by atoms with van der Waals surface area (Å²) in [6.45, 7) is 1.78. The Hall–Kier alpha value is -1.37. The molecule has 0 heterocycles. The van der Waals surface area contributed by atoms with E-state index in [-0.39, 0.29) is 4.90 Å².